The first kappa shape index (κ1) is 25.7. The highest BCUT2D eigenvalue weighted by Gasteiger charge is 2.43. The van der Waals surface area contributed by atoms with E-state index in [1.165, 1.54) is 12.1 Å². The van der Waals surface area contributed by atoms with E-state index in [1.807, 2.05) is 0 Å². The molecule has 0 fully saturated rings. The molecular weight excluding hydrogens is 512 g/mol. The lowest BCUT2D eigenvalue weighted by molar-refractivity contribution is -0.384. The summed E-state index contributed by atoms with van der Waals surface area (Å²) in [5.41, 5.74) is 3.75. The Labute approximate surface area is 223 Å². The molecule has 5 rings (SSSR count). The van der Waals surface area contributed by atoms with Crippen molar-refractivity contribution in [2.45, 2.75) is 51.0 Å². The van der Waals surface area contributed by atoms with Gasteiger partial charge in [-0.05, 0) is 61.1 Å². The molecule has 0 radical (unpaired) electrons. The van der Waals surface area contributed by atoms with Crippen LogP contribution in [-0.2, 0) is 21.0 Å². The Bertz CT molecular complexity index is 1370. The van der Waals surface area contributed by atoms with Crippen molar-refractivity contribution in [1.82, 2.24) is 4.90 Å². The summed E-state index contributed by atoms with van der Waals surface area (Å²) >= 11 is 6.60. The van der Waals surface area contributed by atoms with Crippen LogP contribution in [0.15, 0.2) is 65.0 Å². The lowest BCUT2D eigenvalue weighted by atomic mass is 9.71. The van der Waals surface area contributed by atoms with Crippen LogP contribution in [0.25, 0.3) is 0 Å². The second-order valence-corrected chi connectivity index (χ2v) is 10.00. The first-order chi connectivity index (χ1) is 18.2. The number of ketones is 2. The van der Waals surface area contributed by atoms with Crippen LogP contribution >= 0.6 is 11.6 Å². The quantitative estimate of drug-likeness (QED) is 0.372. The van der Waals surface area contributed by atoms with Crippen molar-refractivity contribution < 1.29 is 29.2 Å². The number of halogens is 1. The predicted octanol–water partition coefficient (Wildman–Crippen LogP) is 5.33. The lowest BCUT2D eigenvalue weighted by Crippen LogP contribution is -2.41. The van der Waals surface area contributed by atoms with Crippen molar-refractivity contribution in [2.24, 2.45) is 0 Å². The molecule has 0 saturated heterocycles. The maximum atomic E-state index is 13.2. The number of nitro benzene ring substituents is 1. The van der Waals surface area contributed by atoms with Gasteiger partial charge in [0.1, 0.15) is 18.9 Å². The third kappa shape index (κ3) is 4.81. The van der Waals surface area contributed by atoms with E-state index in [9.17, 15) is 29.6 Å². The summed E-state index contributed by atoms with van der Waals surface area (Å²) in [6.45, 7) is -0.145. The molecule has 0 atom stereocenters. The summed E-state index contributed by atoms with van der Waals surface area (Å²) in [7, 11) is 0. The summed E-state index contributed by atoms with van der Waals surface area (Å²) in [6.07, 6.45) is 3.09. The Hall–Kier alpha value is -3.98. The van der Waals surface area contributed by atoms with E-state index in [0.717, 1.165) is 5.56 Å². The molecule has 0 bridgehead atoms. The fourth-order valence-corrected chi connectivity index (χ4v) is 5.81. The van der Waals surface area contributed by atoms with Crippen LogP contribution in [0.5, 0.6) is 5.75 Å². The van der Waals surface area contributed by atoms with Crippen LogP contribution in [0.4, 0.5) is 5.69 Å². The molecule has 3 aliphatic rings. The number of carbonyl (C=O) groups excluding carboxylic acids is 2. The van der Waals surface area contributed by atoms with Crippen molar-refractivity contribution >= 4 is 34.8 Å². The van der Waals surface area contributed by atoms with Gasteiger partial charge in [-0.1, -0.05) is 17.7 Å². The molecule has 1 N–H and O–H groups in total. The molecular formula is C28H25ClN2O7. The number of aliphatic carboxylic acids is 1. The van der Waals surface area contributed by atoms with Crippen molar-refractivity contribution in [3.63, 3.8) is 0 Å². The second kappa shape index (κ2) is 10.4. The topological polar surface area (TPSA) is 127 Å². The minimum atomic E-state index is -1.02. The zero-order valence-electron chi connectivity index (χ0n) is 20.4. The molecule has 2 aromatic rings. The largest absolute Gasteiger partial charge is 0.487 e. The normalized spacial score (nSPS) is 17.9. The van der Waals surface area contributed by atoms with E-state index in [2.05, 4.69) is 0 Å². The van der Waals surface area contributed by atoms with Crippen molar-refractivity contribution in [2.75, 3.05) is 6.54 Å². The Balaban J connectivity index is 1.49. The summed E-state index contributed by atoms with van der Waals surface area (Å²) < 4.78 is 5.85. The average molecular weight is 537 g/mol. The number of nitro groups is 1. The van der Waals surface area contributed by atoms with E-state index in [0.29, 0.717) is 77.4 Å². The van der Waals surface area contributed by atoms with Crippen molar-refractivity contribution in [1.29, 1.82) is 0 Å². The number of hydrogen-bond donors (Lipinski definition) is 1. The number of nitrogens with zero attached hydrogens (tertiary/aromatic N) is 2. The first-order valence-corrected chi connectivity index (χ1v) is 12.8. The molecule has 0 spiro atoms. The van der Waals surface area contributed by atoms with Gasteiger partial charge in [0.25, 0.3) is 5.69 Å². The Morgan fingerprint density at radius 1 is 1.00 bits per heavy atom. The summed E-state index contributed by atoms with van der Waals surface area (Å²) in [5, 5.41) is 20.7. The number of benzene rings is 2. The fourth-order valence-electron chi connectivity index (χ4n) is 5.56. The van der Waals surface area contributed by atoms with Crippen LogP contribution in [0.3, 0.4) is 0 Å². The number of ether oxygens (including phenoxy) is 1. The molecule has 0 unspecified atom stereocenters. The molecule has 2 aliphatic carbocycles. The summed E-state index contributed by atoms with van der Waals surface area (Å²) in [6, 6.07) is 11.2. The third-order valence-corrected chi connectivity index (χ3v) is 7.51. The SMILES string of the molecule is O=C(O)CN1C2=C(C(=O)CCC2)C(c2ccc(OCc3ccc([N+](=O)[O-])cc3)c(Cl)c2)C2=C1CCCC2=O. The highest BCUT2D eigenvalue weighted by Crippen LogP contribution is 2.49. The molecule has 0 amide bonds. The molecule has 1 aliphatic heterocycles. The van der Waals surface area contributed by atoms with Crippen LogP contribution in [-0.4, -0.2) is 39.0 Å². The summed E-state index contributed by atoms with van der Waals surface area (Å²) in [4.78, 5) is 50.2. The van der Waals surface area contributed by atoms with Gasteiger partial charge in [-0.3, -0.25) is 24.5 Å². The predicted molar refractivity (Wildman–Crippen MR) is 138 cm³/mol. The Morgan fingerprint density at radius 2 is 1.61 bits per heavy atom. The molecule has 9 nitrogen and oxygen atoms in total. The van der Waals surface area contributed by atoms with Gasteiger partial charge in [0.15, 0.2) is 11.6 Å². The second-order valence-electron chi connectivity index (χ2n) is 9.59. The number of carboxylic acids is 1. The molecule has 38 heavy (non-hydrogen) atoms. The highest BCUT2D eigenvalue weighted by molar-refractivity contribution is 6.32. The minimum absolute atomic E-state index is 0.0117. The Kier molecular flexibility index (Phi) is 7.03. The number of non-ortho nitro benzene ring substituents is 1. The van der Waals surface area contributed by atoms with Crippen molar-refractivity contribution in [3.05, 3.63) is 91.3 Å². The van der Waals surface area contributed by atoms with E-state index < -0.39 is 16.8 Å². The number of rotatable bonds is 7. The number of carboxylic acid groups (broad SMARTS) is 1. The van der Waals surface area contributed by atoms with Gasteiger partial charge in [0.05, 0.1) is 9.95 Å². The number of carbonyl (C=O) groups is 3. The van der Waals surface area contributed by atoms with Crippen LogP contribution in [0.1, 0.15) is 55.6 Å². The molecule has 0 aromatic heterocycles. The van der Waals surface area contributed by atoms with Crippen LogP contribution in [0, 0.1) is 10.1 Å². The van der Waals surface area contributed by atoms with Gasteiger partial charge < -0.3 is 14.7 Å². The van der Waals surface area contributed by atoms with Crippen LogP contribution < -0.4 is 4.74 Å². The minimum Gasteiger partial charge on any atom is -0.487 e. The molecule has 2 aromatic carbocycles. The lowest BCUT2D eigenvalue weighted by Gasteiger charge is -2.43. The maximum absolute atomic E-state index is 13.2. The number of Topliss-reactive ketones (excluding diaryl/α,β-unsaturated/α-hetero) is 2. The van der Waals surface area contributed by atoms with E-state index in [1.54, 1.807) is 35.2 Å². The van der Waals surface area contributed by atoms with E-state index in [-0.39, 0.29) is 30.4 Å². The van der Waals surface area contributed by atoms with Gasteiger partial charge >= 0.3 is 5.97 Å². The molecule has 0 saturated carbocycles. The maximum Gasteiger partial charge on any atom is 0.323 e. The standard InChI is InChI=1S/C28H25ClN2O7/c29-19-13-17(9-12-24(19)38-15-16-7-10-18(11-8-16)31(36)37)26-27-20(3-1-5-22(27)32)30(14-25(34)35)21-4-2-6-23(33)28(21)26/h7-13,26H,1-6,14-15H2,(H,34,35). The molecule has 1 heterocycles. The van der Waals surface area contributed by atoms with E-state index in [4.69, 9.17) is 16.3 Å². The highest BCUT2D eigenvalue weighted by atomic mass is 35.5. The van der Waals surface area contributed by atoms with Crippen LogP contribution in [0.2, 0.25) is 5.02 Å². The van der Waals surface area contributed by atoms with Gasteiger partial charge in [-0.15, -0.1) is 0 Å². The van der Waals surface area contributed by atoms with Gasteiger partial charge in [-0.25, -0.2) is 0 Å². The Morgan fingerprint density at radius 3 is 2.13 bits per heavy atom. The third-order valence-electron chi connectivity index (χ3n) is 7.21. The van der Waals surface area contributed by atoms with Gasteiger partial charge in [0.2, 0.25) is 0 Å². The van der Waals surface area contributed by atoms with Crippen molar-refractivity contribution in [3.8, 4) is 5.75 Å². The number of hydrogen-bond acceptors (Lipinski definition) is 7. The average Bonchev–Trinajstić information content (AvgIpc) is 2.89. The summed E-state index contributed by atoms with van der Waals surface area (Å²) in [5.74, 6) is -1.38. The monoisotopic (exact) mass is 536 g/mol. The zero-order valence-corrected chi connectivity index (χ0v) is 21.2. The smallest absolute Gasteiger partial charge is 0.323 e. The first-order valence-electron chi connectivity index (χ1n) is 12.4. The molecule has 10 heteroatoms. The fraction of sp³-hybridized carbons (Fsp3) is 0.321. The zero-order chi connectivity index (χ0) is 27.0. The number of allylic oxidation sites excluding steroid dienone is 4. The van der Waals surface area contributed by atoms with Gasteiger partial charge in [0, 0.05) is 53.4 Å². The van der Waals surface area contributed by atoms with E-state index >= 15 is 0 Å². The van der Waals surface area contributed by atoms with Gasteiger partial charge in [-0.2, -0.15) is 0 Å². The molecule has 196 valence electrons.